The average Bonchev–Trinajstić information content (AvgIpc) is 2.60. The van der Waals surface area contributed by atoms with Crippen LogP contribution in [0.5, 0.6) is 0 Å². The SMILES string of the molecule is CC(C)S(=O)(=O)NC[C@H](C)c1ccc(-c2ccc(C#N)cc2)cc1. The second-order valence-corrected chi connectivity index (χ2v) is 8.48. The first-order chi connectivity index (χ1) is 11.3. The van der Waals surface area contributed by atoms with Crippen molar-refractivity contribution >= 4 is 10.0 Å². The van der Waals surface area contributed by atoms with E-state index in [1.165, 1.54) is 0 Å². The lowest BCUT2D eigenvalue weighted by Crippen LogP contribution is -2.33. The molecule has 1 atom stereocenters. The van der Waals surface area contributed by atoms with Gasteiger partial charge in [0.2, 0.25) is 10.0 Å². The number of hydrogen-bond donors (Lipinski definition) is 1. The van der Waals surface area contributed by atoms with E-state index in [0.717, 1.165) is 16.7 Å². The van der Waals surface area contributed by atoms with Crippen LogP contribution in [0.1, 0.15) is 37.8 Å². The van der Waals surface area contributed by atoms with E-state index in [4.69, 9.17) is 5.26 Å². The molecule has 0 saturated heterocycles. The van der Waals surface area contributed by atoms with Gasteiger partial charge in [0.25, 0.3) is 0 Å². The van der Waals surface area contributed by atoms with E-state index >= 15 is 0 Å². The van der Waals surface area contributed by atoms with Gasteiger partial charge in [-0.25, -0.2) is 13.1 Å². The Morgan fingerprint density at radius 3 is 1.92 bits per heavy atom. The van der Waals surface area contributed by atoms with Gasteiger partial charge in [-0.15, -0.1) is 0 Å². The monoisotopic (exact) mass is 342 g/mol. The summed E-state index contributed by atoms with van der Waals surface area (Å²) in [6, 6.07) is 17.6. The number of nitrogens with zero attached hydrogens (tertiary/aromatic N) is 1. The molecule has 0 aliphatic rings. The topological polar surface area (TPSA) is 70.0 Å². The van der Waals surface area contributed by atoms with Gasteiger partial charge in [-0.1, -0.05) is 43.3 Å². The smallest absolute Gasteiger partial charge is 0.213 e. The Morgan fingerprint density at radius 1 is 0.958 bits per heavy atom. The molecule has 4 nitrogen and oxygen atoms in total. The molecule has 0 fully saturated rings. The highest BCUT2D eigenvalue weighted by Crippen LogP contribution is 2.23. The number of nitriles is 1. The van der Waals surface area contributed by atoms with E-state index in [1.54, 1.807) is 26.0 Å². The second kappa shape index (κ2) is 7.61. The van der Waals surface area contributed by atoms with Crippen molar-refractivity contribution in [2.45, 2.75) is 31.9 Å². The van der Waals surface area contributed by atoms with Gasteiger partial charge in [-0.3, -0.25) is 0 Å². The third-order valence-corrected chi connectivity index (χ3v) is 5.85. The van der Waals surface area contributed by atoms with Crippen LogP contribution in [0.4, 0.5) is 0 Å². The molecule has 0 bridgehead atoms. The van der Waals surface area contributed by atoms with Gasteiger partial charge in [0.1, 0.15) is 0 Å². The van der Waals surface area contributed by atoms with Gasteiger partial charge in [0.15, 0.2) is 0 Å². The molecular formula is C19H22N2O2S. The number of nitrogens with one attached hydrogen (secondary N) is 1. The zero-order chi connectivity index (χ0) is 17.7. The Morgan fingerprint density at radius 2 is 1.46 bits per heavy atom. The molecule has 0 amide bonds. The molecule has 0 spiro atoms. The van der Waals surface area contributed by atoms with E-state index in [-0.39, 0.29) is 5.92 Å². The van der Waals surface area contributed by atoms with Gasteiger partial charge in [-0.2, -0.15) is 5.26 Å². The van der Waals surface area contributed by atoms with Crippen molar-refractivity contribution in [3.05, 3.63) is 59.7 Å². The number of hydrogen-bond acceptors (Lipinski definition) is 3. The van der Waals surface area contributed by atoms with Crippen molar-refractivity contribution in [2.75, 3.05) is 6.54 Å². The highest BCUT2D eigenvalue weighted by Gasteiger charge is 2.17. The number of benzene rings is 2. The van der Waals surface area contributed by atoms with Gasteiger partial charge in [0.05, 0.1) is 16.9 Å². The molecule has 2 rings (SSSR count). The second-order valence-electron chi connectivity index (χ2n) is 6.15. The zero-order valence-electron chi connectivity index (χ0n) is 14.2. The molecule has 0 heterocycles. The maximum Gasteiger partial charge on any atom is 0.213 e. The average molecular weight is 342 g/mol. The maximum absolute atomic E-state index is 11.8. The minimum absolute atomic E-state index is 0.0912. The Kier molecular flexibility index (Phi) is 5.76. The number of rotatable bonds is 6. The van der Waals surface area contributed by atoms with Crippen molar-refractivity contribution in [2.24, 2.45) is 0 Å². The fourth-order valence-corrected chi connectivity index (χ4v) is 3.08. The first-order valence-corrected chi connectivity index (χ1v) is 9.47. The first kappa shape index (κ1) is 18.2. The molecule has 2 aromatic rings. The molecule has 1 N–H and O–H groups in total. The number of sulfonamides is 1. The summed E-state index contributed by atoms with van der Waals surface area (Å²) in [6.07, 6.45) is 0. The zero-order valence-corrected chi connectivity index (χ0v) is 15.0. The standard InChI is InChI=1S/C19H22N2O2S/c1-14(2)24(22,23)21-13-15(3)17-8-10-19(11-9-17)18-6-4-16(12-20)5-7-18/h4-11,14-15,21H,13H2,1-3H3/t15-/m0/s1. The fourth-order valence-electron chi connectivity index (χ4n) is 2.27. The molecular weight excluding hydrogens is 320 g/mol. The third kappa shape index (κ3) is 4.44. The summed E-state index contributed by atoms with van der Waals surface area (Å²) >= 11 is 0. The van der Waals surface area contributed by atoms with Crippen molar-refractivity contribution < 1.29 is 8.42 Å². The lowest BCUT2D eigenvalue weighted by molar-refractivity contribution is 0.566. The van der Waals surface area contributed by atoms with Crippen molar-refractivity contribution in [3.63, 3.8) is 0 Å². The molecule has 0 radical (unpaired) electrons. The quantitative estimate of drug-likeness (QED) is 0.871. The highest BCUT2D eigenvalue weighted by atomic mass is 32.2. The molecule has 5 heteroatoms. The van der Waals surface area contributed by atoms with Crippen LogP contribution in [-0.4, -0.2) is 20.2 Å². The lowest BCUT2D eigenvalue weighted by Gasteiger charge is -2.15. The predicted molar refractivity (Wildman–Crippen MR) is 97.1 cm³/mol. The van der Waals surface area contributed by atoms with E-state index in [2.05, 4.69) is 10.8 Å². The van der Waals surface area contributed by atoms with Gasteiger partial charge in [0, 0.05) is 6.54 Å². The summed E-state index contributed by atoms with van der Waals surface area (Å²) in [5.41, 5.74) is 3.84. The predicted octanol–water partition coefficient (Wildman–Crippen LogP) is 3.66. The lowest BCUT2D eigenvalue weighted by atomic mass is 9.97. The van der Waals surface area contributed by atoms with Crippen LogP contribution in [0.25, 0.3) is 11.1 Å². The van der Waals surface area contributed by atoms with Crippen LogP contribution in [0.3, 0.4) is 0 Å². The van der Waals surface area contributed by atoms with Crippen LogP contribution in [-0.2, 0) is 10.0 Å². The molecule has 0 aliphatic heterocycles. The molecule has 2 aromatic carbocycles. The maximum atomic E-state index is 11.8. The summed E-state index contributed by atoms with van der Waals surface area (Å²) in [7, 11) is -3.24. The Balaban J connectivity index is 2.07. The normalized spacial score (nSPS) is 12.8. The summed E-state index contributed by atoms with van der Waals surface area (Å²) in [5, 5.41) is 8.41. The van der Waals surface area contributed by atoms with E-state index in [0.29, 0.717) is 12.1 Å². The molecule has 126 valence electrons. The van der Waals surface area contributed by atoms with Crippen LogP contribution in [0.2, 0.25) is 0 Å². The van der Waals surface area contributed by atoms with Crippen molar-refractivity contribution in [1.82, 2.24) is 4.72 Å². The summed E-state index contributed by atoms with van der Waals surface area (Å²) in [5.74, 6) is 0.0912. The van der Waals surface area contributed by atoms with Crippen LogP contribution in [0.15, 0.2) is 48.5 Å². The van der Waals surface area contributed by atoms with Crippen molar-refractivity contribution in [3.8, 4) is 17.2 Å². The van der Waals surface area contributed by atoms with Gasteiger partial charge < -0.3 is 0 Å². The molecule has 0 saturated carbocycles. The Labute approximate surface area is 144 Å². The summed E-state index contributed by atoms with van der Waals surface area (Å²) in [6.45, 7) is 5.72. The van der Waals surface area contributed by atoms with Gasteiger partial charge in [-0.05, 0) is 48.6 Å². The largest absolute Gasteiger partial charge is 0.214 e. The minimum atomic E-state index is -3.24. The van der Waals surface area contributed by atoms with Gasteiger partial charge >= 0.3 is 0 Å². The van der Waals surface area contributed by atoms with Crippen molar-refractivity contribution in [1.29, 1.82) is 5.26 Å². The first-order valence-electron chi connectivity index (χ1n) is 7.92. The Hall–Kier alpha value is -2.16. The molecule has 24 heavy (non-hydrogen) atoms. The highest BCUT2D eigenvalue weighted by molar-refractivity contribution is 7.90. The Bertz CT molecular complexity index is 817. The van der Waals surface area contributed by atoms with E-state index < -0.39 is 15.3 Å². The van der Waals surface area contributed by atoms with E-state index in [9.17, 15) is 8.42 Å². The molecule has 0 aromatic heterocycles. The van der Waals surface area contributed by atoms with Crippen LogP contribution in [0, 0.1) is 11.3 Å². The van der Waals surface area contributed by atoms with Crippen LogP contribution < -0.4 is 4.72 Å². The summed E-state index contributed by atoms with van der Waals surface area (Å²) in [4.78, 5) is 0. The minimum Gasteiger partial charge on any atom is -0.214 e. The third-order valence-electron chi connectivity index (χ3n) is 4.04. The molecule has 0 aliphatic carbocycles. The summed E-state index contributed by atoms with van der Waals surface area (Å²) < 4.78 is 26.3. The van der Waals surface area contributed by atoms with E-state index in [1.807, 2.05) is 43.3 Å². The molecule has 0 unspecified atom stereocenters. The van der Waals surface area contributed by atoms with Crippen LogP contribution >= 0.6 is 0 Å². The fraction of sp³-hybridized carbons (Fsp3) is 0.316.